The van der Waals surface area contributed by atoms with Crippen LogP contribution in [0, 0.1) is 0 Å². The summed E-state index contributed by atoms with van der Waals surface area (Å²) in [5.74, 6) is -3.88. The summed E-state index contributed by atoms with van der Waals surface area (Å²) in [6.07, 6.45) is -3.57. The SMILES string of the molecule is C[N+](C)(C)CC(F)(F)C(F)F.[I-]. The average molecular weight is 301 g/mol. The van der Waals surface area contributed by atoms with Crippen LogP contribution in [0.3, 0.4) is 0 Å². The highest BCUT2D eigenvalue weighted by molar-refractivity contribution is 4.67. The van der Waals surface area contributed by atoms with Gasteiger partial charge in [-0.15, -0.1) is 0 Å². The Morgan fingerprint density at radius 2 is 1.50 bits per heavy atom. The van der Waals surface area contributed by atoms with Gasteiger partial charge in [-0.1, -0.05) is 0 Å². The molecule has 0 aliphatic rings. The first kappa shape index (κ1) is 14.9. The molecule has 0 aromatic rings. The molecule has 0 rings (SSSR count). The van der Waals surface area contributed by atoms with Crippen molar-refractivity contribution in [2.75, 3.05) is 27.7 Å². The van der Waals surface area contributed by atoms with Crippen LogP contribution >= 0.6 is 0 Å². The number of hydrogen-bond acceptors (Lipinski definition) is 0. The van der Waals surface area contributed by atoms with Crippen LogP contribution in [-0.4, -0.2) is 44.5 Å². The third kappa shape index (κ3) is 5.99. The van der Waals surface area contributed by atoms with E-state index in [2.05, 4.69) is 0 Å². The van der Waals surface area contributed by atoms with Gasteiger partial charge in [0.15, 0.2) is 0 Å². The summed E-state index contributed by atoms with van der Waals surface area (Å²) in [5.41, 5.74) is 0. The van der Waals surface area contributed by atoms with E-state index in [4.69, 9.17) is 0 Å². The lowest BCUT2D eigenvalue weighted by Gasteiger charge is -2.28. The molecule has 76 valence electrons. The monoisotopic (exact) mass is 301 g/mol. The summed E-state index contributed by atoms with van der Waals surface area (Å²) in [6.45, 7) is -0.843. The van der Waals surface area contributed by atoms with E-state index in [0.29, 0.717) is 0 Å². The number of quaternary nitrogens is 1. The number of rotatable bonds is 3. The first-order valence-electron chi connectivity index (χ1n) is 3.11. The fourth-order valence-corrected chi connectivity index (χ4v) is 0.701. The zero-order valence-corrected chi connectivity index (χ0v) is 9.28. The molecule has 0 heterocycles. The smallest absolute Gasteiger partial charge is 0.354 e. The third-order valence-corrected chi connectivity index (χ3v) is 1.00. The molecule has 1 nitrogen and oxygen atoms in total. The van der Waals surface area contributed by atoms with Crippen LogP contribution in [-0.2, 0) is 0 Å². The topological polar surface area (TPSA) is 0 Å². The first-order valence-corrected chi connectivity index (χ1v) is 3.11. The molecule has 0 fully saturated rings. The van der Waals surface area contributed by atoms with Gasteiger partial charge in [-0.05, 0) is 0 Å². The summed E-state index contributed by atoms with van der Waals surface area (Å²) in [5, 5.41) is 0. The number of hydrogen-bond donors (Lipinski definition) is 0. The van der Waals surface area contributed by atoms with E-state index in [1.807, 2.05) is 0 Å². The van der Waals surface area contributed by atoms with E-state index in [1.54, 1.807) is 0 Å². The summed E-state index contributed by atoms with van der Waals surface area (Å²) < 4.78 is 47.5. The standard InChI is InChI=1S/C6H12F4N.HI/c1-11(2,3)4-6(9,10)5(7)8;/h5H,4H2,1-3H3;1H/q+1;/p-1. The van der Waals surface area contributed by atoms with E-state index in [1.165, 1.54) is 21.1 Å². The lowest BCUT2D eigenvalue weighted by Crippen LogP contribution is -3.00. The number of alkyl halides is 4. The Kier molecular flexibility index (Phi) is 5.70. The molecule has 0 aliphatic carbocycles. The highest BCUT2D eigenvalue weighted by Gasteiger charge is 2.45. The van der Waals surface area contributed by atoms with Crippen LogP contribution in [0.15, 0.2) is 0 Å². The highest BCUT2D eigenvalue weighted by Crippen LogP contribution is 2.24. The van der Waals surface area contributed by atoms with Gasteiger partial charge in [-0.3, -0.25) is 0 Å². The van der Waals surface area contributed by atoms with Crippen molar-refractivity contribution in [2.45, 2.75) is 12.3 Å². The molecule has 0 aromatic carbocycles. The van der Waals surface area contributed by atoms with Crippen molar-refractivity contribution in [3.05, 3.63) is 0 Å². The molecular formula is C6H12F4IN. The van der Waals surface area contributed by atoms with Crippen LogP contribution in [0.25, 0.3) is 0 Å². The van der Waals surface area contributed by atoms with Gasteiger partial charge in [0.2, 0.25) is 0 Å². The predicted octanol–water partition coefficient (Wildman–Crippen LogP) is -1.40. The lowest BCUT2D eigenvalue weighted by atomic mass is 10.3. The molecule has 0 atom stereocenters. The van der Waals surface area contributed by atoms with Crippen molar-refractivity contribution in [3.8, 4) is 0 Å². The normalized spacial score (nSPS) is 13.0. The first-order chi connectivity index (χ1) is 4.65. The quantitative estimate of drug-likeness (QED) is 0.342. The van der Waals surface area contributed by atoms with Crippen LogP contribution < -0.4 is 24.0 Å². The second-order valence-corrected chi connectivity index (χ2v) is 3.51. The van der Waals surface area contributed by atoms with E-state index < -0.39 is 18.9 Å². The molecule has 0 aliphatic heterocycles. The summed E-state index contributed by atoms with van der Waals surface area (Å²) in [7, 11) is 4.32. The van der Waals surface area contributed by atoms with Gasteiger partial charge in [-0.2, -0.15) is 8.78 Å². The van der Waals surface area contributed by atoms with Gasteiger partial charge in [0.1, 0.15) is 6.54 Å². The van der Waals surface area contributed by atoms with E-state index in [0.717, 1.165) is 0 Å². The summed E-state index contributed by atoms with van der Waals surface area (Å²) >= 11 is 0. The lowest BCUT2D eigenvalue weighted by molar-refractivity contribution is -0.879. The van der Waals surface area contributed by atoms with Crippen LogP contribution in [0.4, 0.5) is 17.6 Å². The van der Waals surface area contributed by atoms with E-state index in [9.17, 15) is 17.6 Å². The zero-order chi connectivity index (χ0) is 9.28. The second kappa shape index (κ2) is 4.59. The Balaban J connectivity index is 0. The molecule has 0 bridgehead atoms. The van der Waals surface area contributed by atoms with E-state index >= 15 is 0 Å². The van der Waals surface area contributed by atoms with Gasteiger partial charge < -0.3 is 28.5 Å². The minimum atomic E-state index is -3.88. The highest BCUT2D eigenvalue weighted by atomic mass is 127. The maximum Gasteiger partial charge on any atom is 0.354 e. The molecule has 0 N–H and O–H groups in total. The van der Waals surface area contributed by atoms with Crippen molar-refractivity contribution in [2.24, 2.45) is 0 Å². The molecule has 0 unspecified atom stereocenters. The Morgan fingerprint density at radius 1 is 1.17 bits per heavy atom. The fraction of sp³-hybridized carbons (Fsp3) is 1.00. The Hall–Kier alpha value is 0.410. The predicted molar refractivity (Wildman–Crippen MR) is 33.9 cm³/mol. The van der Waals surface area contributed by atoms with Crippen molar-refractivity contribution in [1.82, 2.24) is 0 Å². The minimum Gasteiger partial charge on any atom is -1.00 e. The molecule has 0 saturated carbocycles. The molecule has 0 saturated heterocycles. The average Bonchev–Trinajstić information content (AvgIpc) is 1.56. The van der Waals surface area contributed by atoms with Crippen LogP contribution in [0.5, 0.6) is 0 Å². The maximum absolute atomic E-state index is 12.3. The molecule has 0 aromatic heterocycles. The Bertz CT molecular complexity index is 132. The number of nitrogens with zero attached hydrogens (tertiary/aromatic N) is 1. The van der Waals surface area contributed by atoms with Crippen molar-refractivity contribution >= 4 is 0 Å². The van der Waals surface area contributed by atoms with Gasteiger partial charge in [0.25, 0.3) is 0 Å². The Morgan fingerprint density at radius 3 is 1.58 bits per heavy atom. The zero-order valence-electron chi connectivity index (χ0n) is 7.12. The molecule has 6 heteroatoms. The minimum absolute atomic E-state index is 0. The van der Waals surface area contributed by atoms with Gasteiger partial charge in [-0.25, -0.2) is 8.78 Å². The third-order valence-electron chi connectivity index (χ3n) is 1.00. The van der Waals surface area contributed by atoms with Crippen LogP contribution in [0.2, 0.25) is 0 Å². The van der Waals surface area contributed by atoms with Crippen molar-refractivity contribution < 1.29 is 46.0 Å². The molecular weight excluding hydrogens is 289 g/mol. The molecule has 0 radical (unpaired) electrons. The van der Waals surface area contributed by atoms with Gasteiger partial charge in [0, 0.05) is 0 Å². The van der Waals surface area contributed by atoms with Crippen molar-refractivity contribution in [3.63, 3.8) is 0 Å². The van der Waals surface area contributed by atoms with Gasteiger partial charge in [0.05, 0.1) is 21.1 Å². The van der Waals surface area contributed by atoms with Crippen LogP contribution in [0.1, 0.15) is 0 Å². The van der Waals surface area contributed by atoms with Gasteiger partial charge >= 0.3 is 12.3 Å². The second-order valence-electron chi connectivity index (χ2n) is 3.51. The largest absolute Gasteiger partial charge is 1.00 e. The molecule has 0 spiro atoms. The summed E-state index contributed by atoms with van der Waals surface area (Å²) in [6, 6.07) is 0. The fourth-order valence-electron chi connectivity index (χ4n) is 0.701. The molecule has 0 amide bonds. The maximum atomic E-state index is 12.3. The van der Waals surface area contributed by atoms with Crippen molar-refractivity contribution in [1.29, 1.82) is 0 Å². The molecule has 12 heavy (non-hydrogen) atoms. The van der Waals surface area contributed by atoms with E-state index in [-0.39, 0.29) is 28.5 Å². The summed E-state index contributed by atoms with van der Waals surface area (Å²) in [4.78, 5) is 0. The number of halogens is 5. The Labute approximate surface area is 86.3 Å².